The van der Waals surface area contributed by atoms with Crippen molar-refractivity contribution in [1.82, 2.24) is 0 Å². The average Bonchev–Trinajstić information content (AvgIpc) is 2.59. The number of aliphatic hydroxyl groups is 2. The molecule has 0 radical (unpaired) electrons. The van der Waals surface area contributed by atoms with Crippen molar-refractivity contribution in [3.05, 3.63) is 29.8 Å². The highest BCUT2D eigenvalue weighted by molar-refractivity contribution is 8.00. The Bertz CT molecular complexity index is 388. The molecule has 1 saturated carbocycles. The first-order valence-electron chi connectivity index (χ1n) is 6.16. The highest BCUT2D eigenvalue weighted by atomic mass is 32.2. The molecular formula is C14H20O2S. The van der Waals surface area contributed by atoms with Gasteiger partial charge in [-0.25, -0.2) is 0 Å². The Hall–Kier alpha value is -0.510. The predicted molar refractivity (Wildman–Crippen MR) is 71.2 cm³/mol. The zero-order valence-corrected chi connectivity index (χ0v) is 11.2. The van der Waals surface area contributed by atoms with Gasteiger partial charge < -0.3 is 10.2 Å². The Labute approximate surface area is 107 Å². The van der Waals surface area contributed by atoms with Crippen molar-refractivity contribution in [2.24, 2.45) is 0 Å². The van der Waals surface area contributed by atoms with Gasteiger partial charge in [-0.3, -0.25) is 0 Å². The van der Waals surface area contributed by atoms with Gasteiger partial charge in [-0.1, -0.05) is 12.1 Å². The molecule has 1 aliphatic rings. The molecule has 1 aromatic carbocycles. The van der Waals surface area contributed by atoms with Crippen LogP contribution in [-0.4, -0.2) is 21.1 Å². The molecule has 0 aromatic heterocycles. The van der Waals surface area contributed by atoms with E-state index < -0.39 is 11.7 Å². The molecule has 0 aliphatic heterocycles. The fourth-order valence-corrected chi connectivity index (χ4v) is 3.66. The number of hydrogen-bond acceptors (Lipinski definition) is 3. The standard InChI is InChI=1S/C14H20O2S/c1-10(15)11-5-3-6-12(9-11)17-13-7-4-8-14(13,2)16/h3,5-6,9-10,13,15-16H,4,7-8H2,1-2H3. The van der Waals surface area contributed by atoms with Gasteiger partial charge in [-0.2, -0.15) is 0 Å². The Kier molecular flexibility index (Phi) is 3.81. The summed E-state index contributed by atoms with van der Waals surface area (Å²) in [5, 5.41) is 20.0. The maximum Gasteiger partial charge on any atom is 0.0762 e. The largest absolute Gasteiger partial charge is 0.389 e. The molecular weight excluding hydrogens is 232 g/mol. The number of rotatable bonds is 3. The second-order valence-electron chi connectivity index (χ2n) is 5.10. The second kappa shape index (κ2) is 5.01. The summed E-state index contributed by atoms with van der Waals surface area (Å²) in [4.78, 5) is 1.13. The van der Waals surface area contributed by atoms with Gasteiger partial charge >= 0.3 is 0 Å². The highest BCUT2D eigenvalue weighted by Crippen LogP contribution is 2.41. The fourth-order valence-electron chi connectivity index (χ4n) is 2.32. The third-order valence-electron chi connectivity index (χ3n) is 3.46. The average molecular weight is 252 g/mol. The number of hydrogen-bond donors (Lipinski definition) is 2. The van der Waals surface area contributed by atoms with Gasteiger partial charge in [-0.15, -0.1) is 11.8 Å². The number of benzene rings is 1. The van der Waals surface area contributed by atoms with E-state index in [4.69, 9.17) is 0 Å². The molecule has 94 valence electrons. The SMILES string of the molecule is CC(O)c1cccc(SC2CCCC2(C)O)c1. The van der Waals surface area contributed by atoms with Crippen LogP contribution in [0.3, 0.4) is 0 Å². The minimum absolute atomic E-state index is 0.270. The van der Waals surface area contributed by atoms with Gasteiger partial charge in [0.25, 0.3) is 0 Å². The Morgan fingerprint density at radius 3 is 2.82 bits per heavy atom. The Morgan fingerprint density at radius 1 is 1.47 bits per heavy atom. The zero-order valence-electron chi connectivity index (χ0n) is 10.4. The molecule has 0 heterocycles. The third kappa shape index (κ3) is 3.03. The van der Waals surface area contributed by atoms with E-state index in [1.54, 1.807) is 18.7 Å². The summed E-state index contributed by atoms with van der Waals surface area (Å²) in [5.74, 6) is 0. The molecule has 1 fully saturated rings. The van der Waals surface area contributed by atoms with Crippen LogP contribution >= 0.6 is 11.8 Å². The van der Waals surface area contributed by atoms with Crippen LogP contribution in [0.1, 0.15) is 44.8 Å². The zero-order chi connectivity index (χ0) is 12.5. The van der Waals surface area contributed by atoms with Crippen LogP contribution in [0.5, 0.6) is 0 Å². The summed E-state index contributed by atoms with van der Waals surface area (Å²) in [5.41, 5.74) is 0.388. The summed E-state index contributed by atoms with van der Waals surface area (Å²) in [6.07, 6.45) is 2.62. The summed E-state index contributed by atoms with van der Waals surface area (Å²) < 4.78 is 0. The van der Waals surface area contributed by atoms with Crippen LogP contribution in [-0.2, 0) is 0 Å². The van der Waals surface area contributed by atoms with Gasteiger partial charge in [-0.05, 0) is 50.8 Å². The summed E-state index contributed by atoms with van der Waals surface area (Å²) in [6.45, 7) is 3.70. The van der Waals surface area contributed by atoms with Crippen molar-refractivity contribution in [3.63, 3.8) is 0 Å². The van der Waals surface area contributed by atoms with Gasteiger partial charge in [0.05, 0.1) is 11.7 Å². The first-order chi connectivity index (χ1) is 7.99. The van der Waals surface area contributed by atoms with Crippen LogP contribution in [0.4, 0.5) is 0 Å². The van der Waals surface area contributed by atoms with E-state index in [0.717, 1.165) is 29.7 Å². The van der Waals surface area contributed by atoms with Crippen molar-refractivity contribution in [3.8, 4) is 0 Å². The Balaban J connectivity index is 2.11. The molecule has 17 heavy (non-hydrogen) atoms. The molecule has 2 nitrogen and oxygen atoms in total. The molecule has 3 unspecified atom stereocenters. The maximum atomic E-state index is 10.2. The van der Waals surface area contributed by atoms with Gasteiger partial charge in [0.1, 0.15) is 0 Å². The van der Waals surface area contributed by atoms with Crippen LogP contribution in [0.15, 0.2) is 29.2 Å². The van der Waals surface area contributed by atoms with Crippen LogP contribution < -0.4 is 0 Å². The molecule has 0 bridgehead atoms. The highest BCUT2D eigenvalue weighted by Gasteiger charge is 2.37. The lowest BCUT2D eigenvalue weighted by Crippen LogP contribution is -2.30. The van der Waals surface area contributed by atoms with Crippen molar-refractivity contribution < 1.29 is 10.2 Å². The van der Waals surface area contributed by atoms with E-state index in [1.807, 2.05) is 31.2 Å². The quantitative estimate of drug-likeness (QED) is 0.868. The third-order valence-corrected chi connectivity index (χ3v) is 5.02. The van der Waals surface area contributed by atoms with Crippen molar-refractivity contribution >= 4 is 11.8 Å². The van der Waals surface area contributed by atoms with Gasteiger partial charge in [0.2, 0.25) is 0 Å². The van der Waals surface area contributed by atoms with E-state index in [9.17, 15) is 10.2 Å². The van der Waals surface area contributed by atoms with Crippen molar-refractivity contribution in [2.45, 2.75) is 55.0 Å². The summed E-state index contributed by atoms with van der Waals surface area (Å²) >= 11 is 1.73. The number of thioether (sulfide) groups is 1. The smallest absolute Gasteiger partial charge is 0.0762 e. The maximum absolute atomic E-state index is 10.2. The van der Waals surface area contributed by atoms with Crippen molar-refractivity contribution in [2.75, 3.05) is 0 Å². The molecule has 0 spiro atoms. The lowest BCUT2D eigenvalue weighted by atomic mass is 10.1. The van der Waals surface area contributed by atoms with E-state index >= 15 is 0 Å². The summed E-state index contributed by atoms with van der Waals surface area (Å²) in [7, 11) is 0. The minimum Gasteiger partial charge on any atom is -0.389 e. The normalized spacial score (nSPS) is 30.5. The molecule has 0 saturated heterocycles. The predicted octanol–water partition coefficient (Wildman–Crippen LogP) is 3.14. The molecule has 3 heteroatoms. The number of aliphatic hydroxyl groups excluding tert-OH is 1. The second-order valence-corrected chi connectivity index (χ2v) is 6.38. The van der Waals surface area contributed by atoms with Crippen molar-refractivity contribution in [1.29, 1.82) is 0 Å². The molecule has 2 N–H and O–H groups in total. The molecule has 0 amide bonds. The lowest BCUT2D eigenvalue weighted by Gasteiger charge is -2.25. The minimum atomic E-state index is -0.550. The first-order valence-corrected chi connectivity index (χ1v) is 7.04. The van der Waals surface area contributed by atoms with Gasteiger partial charge in [0, 0.05) is 10.1 Å². The topological polar surface area (TPSA) is 40.5 Å². The first kappa shape index (κ1) is 12.9. The molecule has 1 aliphatic carbocycles. The monoisotopic (exact) mass is 252 g/mol. The van der Waals surface area contributed by atoms with Gasteiger partial charge in [0.15, 0.2) is 0 Å². The van der Waals surface area contributed by atoms with E-state index in [2.05, 4.69) is 0 Å². The molecule has 3 atom stereocenters. The lowest BCUT2D eigenvalue weighted by molar-refractivity contribution is 0.0734. The van der Waals surface area contributed by atoms with E-state index in [1.165, 1.54) is 0 Å². The van der Waals surface area contributed by atoms with E-state index in [0.29, 0.717) is 0 Å². The van der Waals surface area contributed by atoms with Crippen LogP contribution in [0.25, 0.3) is 0 Å². The summed E-state index contributed by atoms with van der Waals surface area (Å²) in [6, 6.07) is 7.96. The molecule has 1 aromatic rings. The Morgan fingerprint density at radius 2 is 2.24 bits per heavy atom. The molecule has 2 rings (SSSR count). The van der Waals surface area contributed by atoms with E-state index in [-0.39, 0.29) is 5.25 Å². The van der Waals surface area contributed by atoms with Crippen LogP contribution in [0.2, 0.25) is 0 Å². The fraction of sp³-hybridized carbons (Fsp3) is 0.571. The van der Waals surface area contributed by atoms with Crippen LogP contribution in [0, 0.1) is 0 Å².